The topological polar surface area (TPSA) is 64.1 Å². The van der Waals surface area contributed by atoms with E-state index in [-0.39, 0.29) is 18.6 Å². The molecule has 0 aliphatic carbocycles. The fraction of sp³-hybridized carbons (Fsp3) is 0.750. The predicted octanol–water partition coefficient (Wildman–Crippen LogP) is 1.50. The molecule has 92 valence electrons. The van der Waals surface area contributed by atoms with Crippen molar-refractivity contribution in [2.45, 2.75) is 51.6 Å². The molecule has 1 aromatic rings. The standard InChI is InChI=1S/C12H23N3O/c1-3-6-15-9-14-8-12(15)10(5-7-16)11(13)4-2/h8-11,16H,3-7,13H2,1-2H3. The van der Waals surface area contributed by atoms with Gasteiger partial charge in [0.25, 0.3) is 0 Å². The summed E-state index contributed by atoms with van der Waals surface area (Å²) in [7, 11) is 0. The van der Waals surface area contributed by atoms with Gasteiger partial charge in [-0.25, -0.2) is 4.98 Å². The lowest BCUT2D eigenvalue weighted by Gasteiger charge is -2.23. The van der Waals surface area contributed by atoms with Gasteiger partial charge in [0, 0.05) is 37.0 Å². The predicted molar refractivity (Wildman–Crippen MR) is 65.2 cm³/mol. The number of hydrogen-bond donors (Lipinski definition) is 2. The fourth-order valence-electron chi connectivity index (χ4n) is 2.07. The Bertz CT molecular complexity index is 298. The number of nitrogens with two attached hydrogens (primary N) is 1. The van der Waals surface area contributed by atoms with E-state index in [2.05, 4.69) is 23.4 Å². The molecule has 1 heterocycles. The molecule has 0 spiro atoms. The van der Waals surface area contributed by atoms with Crippen LogP contribution in [0.4, 0.5) is 0 Å². The Balaban J connectivity index is 2.86. The normalized spacial score (nSPS) is 15.0. The molecular weight excluding hydrogens is 202 g/mol. The van der Waals surface area contributed by atoms with Crippen LogP contribution in [-0.2, 0) is 6.54 Å². The van der Waals surface area contributed by atoms with Crippen molar-refractivity contribution in [2.24, 2.45) is 5.73 Å². The molecule has 0 amide bonds. The van der Waals surface area contributed by atoms with Gasteiger partial charge >= 0.3 is 0 Å². The fourth-order valence-corrected chi connectivity index (χ4v) is 2.07. The third-order valence-electron chi connectivity index (χ3n) is 3.02. The van der Waals surface area contributed by atoms with Gasteiger partial charge in [-0.05, 0) is 19.3 Å². The highest BCUT2D eigenvalue weighted by atomic mass is 16.3. The maximum Gasteiger partial charge on any atom is 0.0948 e. The second-order valence-electron chi connectivity index (χ2n) is 4.20. The molecule has 0 aliphatic rings. The summed E-state index contributed by atoms with van der Waals surface area (Å²) in [5.41, 5.74) is 7.26. The average Bonchev–Trinajstić information content (AvgIpc) is 2.73. The minimum absolute atomic E-state index is 0.0967. The first-order chi connectivity index (χ1) is 7.74. The number of aryl methyl sites for hydroxylation is 1. The Morgan fingerprint density at radius 1 is 1.50 bits per heavy atom. The number of aliphatic hydroxyl groups excluding tert-OH is 1. The van der Waals surface area contributed by atoms with Gasteiger partial charge in [-0.15, -0.1) is 0 Å². The van der Waals surface area contributed by atoms with Crippen LogP contribution < -0.4 is 5.73 Å². The number of hydrogen-bond acceptors (Lipinski definition) is 3. The summed E-state index contributed by atoms with van der Waals surface area (Å²) in [4.78, 5) is 4.19. The molecule has 0 saturated carbocycles. The van der Waals surface area contributed by atoms with Crippen LogP contribution >= 0.6 is 0 Å². The van der Waals surface area contributed by atoms with Crippen LogP contribution in [0.5, 0.6) is 0 Å². The van der Waals surface area contributed by atoms with Gasteiger partial charge in [-0.2, -0.15) is 0 Å². The van der Waals surface area contributed by atoms with Gasteiger partial charge in [-0.3, -0.25) is 0 Å². The molecule has 1 rings (SSSR count). The first kappa shape index (κ1) is 13.2. The molecule has 3 N–H and O–H groups in total. The molecule has 0 fully saturated rings. The number of rotatable bonds is 7. The van der Waals surface area contributed by atoms with Crippen molar-refractivity contribution in [3.05, 3.63) is 18.2 Å². The Morgan fingerprint density at radius 2 is 2.25 bits per heavy atom. The summed E-state index contributed by atoms with van der Waals surface area (Å²) in [6.07, 6.45) is 6.44. The summed E-state index contributed by atoms with van der Waals surface area (Å²) >= 11 is 0. The highest BCUT2D eigenvalue weighted by molar-refractivity contribution is 5.09. The van der Waals surface area contributed by atoms with Crippen LogP contribution in [0.15, 0.2) is 12.5 Å². The van der Waals surface area contributed by atoms with Gasteiger partial charge in [0.15, 0.2) is 0 Å². The molecule has 0 aliphatic heterocycles. The van der Waals surface area contributed by atoms with Crippen molar-refractivity contribution < 1.29 is 5.11 Å². The van der Waals surface area contributed by atoms with E-state index in [9.17, 15) is 0 Å². The number of aromatic nitrogens is 2. The largest absolute Gasteiger partial charge is 0.396 e. The van der Waals surface area contributed by atoms with Crippen molar-refractivity contribution in [3.63, 3.8) is 0 Å². The smallest absolute Gasteiger partial charge is 0.0948 e. The van der Waals surface area contributed by atoms with Gasteiger partial charge in [-0.1, -0.05) is 13.8 Å². The Kier molecular flexibility index (Phi) is 5.49. The summed E-state index contributed by atoms with van der Waals surface area (Å²) in [5, 5.41) is 9.12. The molecule has 0 saturated heterocycles. The molecule has 0 aromatic carbocycles. The van der Waals surface area contributed by atoms with Crippen LogP contribution in [0.1, 0.15) is 44.7 Å². The van der Waals surface area contributed by atoms with E-state index in [1.165, 1.54) is 0 Å². The third-order valence-corrected chi connectivity index (χ3v) is 3.02. The first-order valence-electron chi connectivity index (χ1n) is 6.11. The molecule has 2 atom stereocenters. The van der Waals surface area contributed by atoms with E-state index in [1.54, 1.807) is 0 Å². The zero-order valence-corrected chi connectivity index (χ0v) is 10.3. The first-order valence-corrected chi connectivity index (χ1v) is 6.11. The van der Waals surface area contributed by atoms with Crippen LogP contribution in [0, 0.1) is 0 Å². The van der Waals surface area contributed by atoms with E-state index in [0.29, 0.717) is 6.42 Å². The van der Waals surface area contributed by atoms with Crippen molar-refractivity contribution in [3.8, 4) is 0 Å². The summed E-state index contributed by atoms with van der Waals surface area (Å²) in [6.45, 7) is 5.36. The van der Waals surface area contributed by atoms with E-state index in [0.717, 1.165) is 25.1 Å². The lowest BCUT2D eigenvalue weighted by atomic mass is 9.92. The quantitative estimate of drug-likeness (QED) is 0.739. The van der Waals surface area contributed by atoms with Crippen LogP contribution in [0.25, 0.3) is 0 Å². The van der Waals surface area contributed by atoms with Crippen LogP contribution in [0.3, 0.4) is 0 Å². The van der Waals surface area contributed by atoms with E-state index in [4.69, 9.17) is 10.8 Å². The van der Waals surface area contributed by atoms with Gasteiger partial charge in [0.2, 0.25) is 0 Å². The summed E-state index contributed by atoms with van der Waals surface area (Å²) in [6, 6.07) is 0.0967. The van der Waals surface area contributed by atoms with E-state index in [1.807, 2.05) is 12.5 Å². The zero-order chi connectivity index (χ0) is 12.0. The van der Waals surface area contributed by atoms with Gasteiger partial charge in [0.1, 0.15) is 0 Å². The van der Waals surface area contributed by atoms with Crippen molar-refractivity contribution >= 4 is 0 Å². The monoisotopic (exact) mass is 225 g/mol. The Hall–Kier alpha value is -0.870. The molecular formula is C12H23N3O. The van der Waals surface area contributed by atoms with Gasteiger partial charge < -0.3 is 15.4 Å². The lowest BCUT2D eigenvalue weighted by Crippen LogP contribution is -2.30. The lowest BCUT2D eigenvalue weighted by molar-refractivity contribution is 0.263. The minimum atomic E-state index is 0.0967. The molecule has 4 heteroatoms. The minimum Gasteiger partial charge on any atom is -0.396 e. The van der Waals surface area contributed by atoms with Crippen LogP contribution in [-0.4, -0.2) is 27.3 Å². The number of aliphatic hydroxyl groups is 1. The number of imidazole rings is 1. The van der Waals surface area contributed by atoms with E-state index < -0.39 is 0 Å². The molecule has 2 unspecified atom stereocenters. The molecule has 1 aromatic heterocycles. The Labute approximate surface area is 97.5 Å². The second kappa shape index (κ2) is 6.66. The maximum atomic E-state index is 9.12. The maximum absolute atomic E-state index is 9.12. The molecule has 16 heavy (non-hydrogen) atoms. The zero-order valence-electron chi connectivity index (χ0n) is 10.3. The van der Waals surface area contributed by atoms with Crippen molar-refractivity contribution in [1.82, 2.24) is 9.55 Å². The van der Waals surface area contributed by atoms with Gasteiger partial charge in [0.05, 0.1) is 6.33 Å². The molecule has 4 nitrogen and oxygen atoms in total. The summed E-state index contributed by atoms with van der Waals surface area (Å²) < 4.78 is 2.15. The SMILES string of the molecule is CCCn1cncc1C(CCO)C(N)CC. The highest BCUT2D eigenvalue weighted by Gasteiger charge is 2.21. The number of nitrogens with zero attached hydrogens (tertiary/aromatic N) is 2. The summed E-state index contributed by atoms with van der Waals surface area (Å²) in [5.74, 6) is 0.212. The van der Waals surface area contributed by atoms with Crippen LogP contribution in [0.2, 0.25) is 0 Å². The third kappa shape index (κ3) is 3.06. The van der Waals surface area contributed by atoms with E-state index >= 15 is 0 Å². The van der Waals surface area contributed by atoms with Crippen molar-refractivity contribution in [1.29, 1.82) is 0 Å². The Morgan fingerprint density at radius 3 is 2.81 bits per heavy atom. The molecule has 0 radical (unpaired) electrons. The molecule has 0 bridgehead atoms. The average molecular weight is 225 g/mol. The highest BCUT2D eigenvalue weighted by Crippen LogP contribution is 2.23. The van der Waals surface area contributed by atoms with Crippen molar-refractivity contribution in [2.75, 3.05) is 6.61 Å². The second-order valence-corrected chi connectivity index (χ2v) is 4.20.